The third-order valence-electron chi connectivity index (χ3n) is 4.53. The number of nitrogens with zero attached hydrogens (tertiary/aromatic N) is 4. The SMILES string of the molecule is CN(Cc1ccc(Cl)c(Cl)c1)C(=O)CN1CCN(c2ccccn2)CC1. The average Bonchev–Trinajstić information content (AvgIpc) is 2.66. The molecule has 1 aromatic carbocycles. The Morgan fingerprint density at radius 1 is 1.12 bits per heavy atom. The van der Waals surface area contributed by atoms with Gasteiger partial charge in [-0.1, -0.05) is 35.3 Å². The third-order valence-corrected chi connectivity index (χ3v) is 5.27. The zero-order chi connectivity index (χ0) is 18.5. The van der Waals surface area contributed by atoms with E-state index in [1.54, 1.807) is 17.0 Å². The summed E-state index contributed by atoms with van der Waals surface area (Å²) < 4.78 is 0. The molecular formula is C19H22Cl2N4O. The van der Waals surface area contributed by atoms with Gasteiger partial charge < -0.3 is 9.80 Å². The van der Waals surface area contributed by atoms with Crippen molar-refractivity contribution in [2.45, 2.75) is 6.54 Å². The fourth-order valence-electron chi connectivity index (χ4n) is 2.99. The number of carbonyl (C=O) groups excluding carboxylic acids is 1. The van der Waals surface area contributed by atoms with Crippen LogP contribution in [0.25, 0.3) is 0 Å². The van der Waals surface area contributed by atoms with Crippen LogP contribution in [0, 0.1) is 0 Å². The second-order valence-corrected chi connectivity index (χ2v) is 7.26. The summed E-state index contributed by atoms with van der Waals surface area (Å²) in [6.07, 6.45) is 1.81. The smallest absolute Gasteiger partial charge is 0.236 e. The number of amides is 1. The number of piperazine rings is 1. The van der Waals surface area contributed by atoms with Gasteiger partial charge in [0.05, 0.1) is 16.6 Å². The van der Waals surface area contributed by atoms with Crippen molar-refractivity contribution >= 4 is 34.9 Å². The van der Waals surface area contributed by atoms with E-state index in [0.29, 0.717) is 23.1 Å². The number of benzene rings is 1. The van der Waals surface area contributed by atoms with Crippen LogP contribution >= 0.6 is 23.2 Å². The van der Waals surface area contributed by atoms with Crippen molar-refractivity contribution < 1.29 is 4.79 Å². The fraction of sp³-hybridized carbons (Fsp3) is 0.368. The summed E-state index contributed by atoms with van der Waals surface area (Å²) >= 11 is 12.0. The van der Waals surface area contributed by atoms with Gasteiger partial charge in [0, 0.05) is 46.0 Å². The number of carbonyl (C=O) groups is 1. The van der Waals surface area contributed by atoms with Gasteiger partial charge in [-0.2, -0.15) is 0 Å². The Balaban J connectivity index is 1.48. The summed E-state index contributed by atoms with van der Waals surface area (Å²) in [5, 5.41) is 1.03. The van der Waals surface area contributed by atoms with E-state index in [9.17, 15) is 4.79 Å². The number of hydrogen-bond acceptors (Lipinski definition) is 4. The zero-order valence-corrected chi connectivity index (χ0v) is 16.2. The molecule has 1 saturated heterocycles. The lowest BCUT2D eigenvalue weighted by molar-refractivity contribution is -0.131. The maximum absolute atomic E-state index is 12.5. The molecule has 0 radical (unpaired) electrons. The van der Waals surface area contributed by atoms with Crippen molar-refractivity contribution in [3.05, 3.63) is 58.2 Å². The number of pyridine rings is 1. The largest absolute Gasteiger partial charge is 0.354 e. The maximum atomic E-state index is 12.5. The van der Waals surface area contributed by atoms with Crippen LogP contribution in [0.1, 0.15) is 5.56 Å². The van der Waals surface area contributed by atoms with E-state index in [-0.39, 0.29) is 5.91 Å². The summed E-state index contributed by atoms with van der Waals surface area (Å²) in [5.41, 5.74) is 0.968. The Morgan fingerprint density at radius 2 is 1.88 bits per heavy atom. The third kappa shape index (κ3) is 4.87. The number of halogens is 2. The minimum Gasteiger partial charge on any atom is -0.354 e. The highest BCUT2D eigenvalue weighted by Crippen LogP contribution is 2.23. The highest BCUT2D eigenvalue weighted by molar-refractivity contribution is 6.42. The van der Waals surface area contributed by atoms with Crippen molar-refractivity contribution in [3.63, 3.8) is 0 Å². The summed E-state index contributed by atoms with van der Waals surface area (Å²) in [6, 6.07) is 11.4. The number of rotatable bonds is 5. The lowest BCUT2D eigenvalue weighted by Crippen LogP contribution is -2.49. The predicted octanol–water partition coefficient (Wildman–Crippen LogP) is 3.17. The summed E-state index contributed by atoms with van der Waals surface area (Å²) in [5.74, 6) is 1.09. The summed E-state index contributed by atoms with van der Waals surface area (Å²) in [7, 11) is 1.81. The van der Waals surface area contributed by atoms with Crippen molar-refractivity contribution in [2.75, 3.05) is 44.7 Å². The Morgan fingerprint density at radius 3 is 2.54 bits per heavy atom. The lowest BCUT2D eigenvalue weighted by Gasteiger charge is -2.35. The molecule has 26 heavy (non-hydrogen) atoms. The molecule has 138 valence electrons. The molecule has 0 unspecified atom stereocenters. The van der Waals surface area contributed by atoms with Gasteiger partial charge in [0.1, 0.15) is 5.82 Å². The van der Waals surface area contributed by atoms with E-state index in [2.05, 4.69) is 14.8 Å². The number of aromatic nitrogens is 1. The Kier molecular flexibility index (Phi) is 6.35. The van der Waals surface area contributed by atoms with E-state index in [1.165, 1.54) is 0 Å². The van der Waals surface area contributed by atoms with Crippen LogP contribution in [0.3, 0.4) is 0 Å². The quantitative estimate of drug-likeness (QED) is 0.783. The van der Waals surface area contributed by atoms with Crippen LogP contribution < -0.4 is 4.90 Å². The van der Waals surface area contributed by atoms with Gasteiger partial charge in [-0.25, -0.2) is 4.98 Å². The highest BCUT2D eigenvalue weighted by Gasteiger charge is 2.21. The molecule has 0 bridgehead atoms. The summed E-state index contributed by atoms with van der Waals surface area (Å²) in [4.78, 5) is 23.1. The van der Waals surface area contributed by atoms with Gasteiger partial charge in [-0.15, -0.1) is 0 Å². The van der Waals surface area contributed by atoms with Gasteiger partial charge in [-0.3, -0.25) is 9.69 Å². The molecule has 7 heteroatoms. The van der Waals surface area contributed by atoms with Crippen molar-refractivity contribution in [1.82, 2.24) is 14.8 Å². The Hall–Kier alpha value is -1.82. The minimum atomic E-state index is 0.0994. The fourth-order valence-corrected chi connectivity index (χ4v) is 3.31. The first-order valence-corrected chi connectivity index (χ1v) is 9.35. The lowest BCUT2D eigenvalue weighted by atomic mass is 10.2. The van der Waals surface area contributed by atoms with Crippen molar-refractivity contribution in [2.24, 2.45) is 0 Å². The number of hydrogen-bond donors (Lipinski definition) is 0. The second kappa shape index (κ2) is 8.71. The standard InChI is InChI=1S/C19H22Cl2N4O/c1-23(13-15-5-6-16(20)17(21)12-15)19(26)14-24-8-10-25(11-9-24)18-4-2-3-7-22-18/h2-7,12H,8-11,13-14H2,1H3. The highest BCUT2D eigenvalue weighted by atomic mass is 35.5. The van der Waals surface area contributed by atoms with Gasteiger partial charge in [0.25, 0.3) is 0 Å². The Labute approximate surface area is 164 Å². The first-order valence-electron chi connectivity index (χ1n) is 8.59. The van der Waals surface area contributed by atoms with E-state index in [0.717, 1.165) is 37.6 Å². The van der Waals surface area contributed by atoms with Crippen LogP contribution in [0.2, 0.25) is 10.0 Å². The number of likely N-dealkylation sites (N-methyl/N-ethyl adjacent to an activating group) is 1. The molecule has 1 amide bonds. The van der Waals surface area contributed by atoms with Crippen LogP contribution in [0.4, 0.5) is 5.82 Å². The molecule has 0 spiro atoms. The Bertz CT molecular complexity index is 748. The summed E-state index contributed by atoms with van der Waals surface area (Å²) in [6.45, 7) is 4.39. The monoisotopic (exact) mass is 392 g/mol. The topological polar surface area (TPSA) is 39.7 Å². The molecule has 2 heterocycles. The molecule has 0 saturated carbocycles. The molecule has 1 aromatic heterocycles. The van der Waals surface area contributed by atoms with Gasteiger partial charge >= 0.3 is 0 Å². The predicted molar refractivity (Wildman–Crippen MR) is 106 cm³/mol. The molecule has 1 aliphatic rings. The van der Waals surface area contributed by atoms with E-state index < -0.39 is 0 Å². The molecule has 1 aliphatic heterocycles. The first kappa shape index (κ1) is 19.0. The minimum absolute atomic E-state index is 0.0994. The molecule has 3 rings (SSSR count). The van der Waals surface area contributed by atoms with E-state index in [4.69, 9.17) is 23.2 Å². The molecule has 0 aliphatic carbocycles. The maximum Gasteiger partial charge on any atom is 0.236 e. The normalized spacial score (nSPS) is 15.1. The molecule has 0 atom stereocenters. The average molecular weight is 393 g/mol. The number of anilines is 1. The molecular weight excluding hydrogens is 371 g/mol. The van der Waals surface area contributed by atoms with Crippen LogP contribution in [-0.4, -0.2) is 60.5 Å². The zero-order valence-electron chi connectivity index (χ0n) is 14.7. The van der Waals surface area contributed by atoms with Gasteiger partial charge in [0.15, 0.2) is 0 Å². The van der Waals surface area contributed by atoms with Gasteiger partial charge in [-0.05, 0) is 29.8 Å². The van der Waals surface area contributed by atoms with Crippen LogP contribution in [0.15, 0.2) is 42.6 Å². The molecule has 0 N–H and O–H groups in total. The molecule has 2 aromatic rings. The van der Waals surface area contributed by atoms with Crippen molar-refractivity contribution in [1.29, 1.82) is 0 Å². The van der Waals surface area contributed by atoms with E-state index in [1.807, 2.05) is 37.5 Å². The van der Waals surface area contributed by atoms with Gasteiger partial charge in [0.2, 0.25) is 5.91 Å². The molecule has 1 fully saturated rings. The first-order chi connectivity index (χ1) is 12.5. The van der Waals surface area contributed by atoms with Crippen LogP contribution in [0.5, 0.6) is 0 Å². The van der Waals surface area contributed by atoms with Crippen LogP contribution in [-0.2, 0) is 11.3 Å². The molecule has 5 nitrogen and oxygen atoms in total. The second-order valence-electron chi connectivity index (χ2n) is 6.45. The van der Waals surface area contributed by atoms with E-state index >= 15 is 0 Å². The van der Waals surface area contributed by atoms with Crippen molar-refractivity contribution in [3.8, 4) is 0 Å².